The lowest BCUT2D eigenvalue weighted by Crippen LogP contribution is -2.13. The van der Waals surface area contributed by atoms with Crippen LogP contribution >= 0.6 is 34.5 Å². The fourth-order valence-corrected chi connectivity index (χ4v) is 3.50. The fraction of sp³-hybridized carbons (Fsp3) is 0.250. The van der Waals surface area contributed by atoms with E-state index in [1.807, 2.05) is 25.1 Å². The van der Waals surface area contributed by atoms with Crippen molar-refractivity contribution in [2.24, 2.45) is 0 Å². The second-order valence-electron chi connectivity index (χ2n) is 5.31. The van der Waals surface area contributed by atoms with Crippen LogP contribution in [-0.2, 0) is 13.0 Å². The van der Waals surface area contributed by atoms with Crippen molar-refractivity contribution in [3.8, 4) is 0 Å². The number of nitrogens with zero attached hydrogens (tertiary/aromatic N) is 4. The number of amides is 1. The summed E-state index contributed by atoms with van der Waals surface area (Å²) < 4.78 is 1.56. The van der Waals surface area contributed by atoms with Gasteiger partial charge < -0.3 is 0 Å². The maximum atomic E-state index is 12.5. The number of aryl methyl sites for hydroxylation is 2. The molecule has 0 saturated carbocycles. The highest BCUT2D eigenvalue weighted by Crippen LogP contribution is 2.25. The van der Waals surface area contributed by atoms with E-state index >= 15 is 0 Å². The zero-order valence-corrected chi connectivity index (χ0v) is 15.9. The van der Waals surface area contributed by atoms with Crippen molar-refractivity contribution in [2.75, 3.05) is 5.32 Å². The molecular weight excluding hydrogens is 381 g/mol. The van der Waals surface area contributed by atoms with Gasteiger partial charge in [-0.3, -0.25) is 10.1 Å². The predicted octanol–water partition coefficient (Wildman–Crippen LogP) is 4.21. The highest BCUT2D eigenvalue weighted by Gasteiger charge is 2.22. The molecule has 0 radical (unpaired) electrons. The van der Waals surface area contributed by atoms with Crippen LogP contribution in [0.15, 0.2) is 24.3 Å². The van der Waals surface area contributed by atoms with Crippen LogP contribution in [0.2, 0.25) is 10.2 Å². The Bertz CT molecular complexity index is 921. The van der Waals surface area contributed by atoms with Crippen molar-refractivity contribution in [1.29, 1.82) is 0 Å². The molecule has 1 amide bonds. The van der Waals surface area contributed by atoms with Crippen LogP contribution in [0, 0.1) is 6.92 Å². The molecule has 0 aliphatic carbocycles. The number of hydrogen-bond acceptors (Lipinski definition) is 5. The lowest BCUT2D eigenvalue weighted by molar-refractivity contribution is 0.102. The fourth-order valence-electron chi connectivity index (χ4n) is 2.31. The van der Waals surface area contributed by atoms with Crippen molar-refractivity contribution in [2.45, 2.75) is 26.8 Å². The molecule has 0 saturated heterocycles. The summed E-state index contributed by atoms with van der Waals surface area (Å²) in [5, 5.41) is 17.2. The highest BCUT2D eigenvalue weighted by atomic mass is 35.5. The van der Waals surface area contributed by atoms with Crippen molar-refractivity contribution < 1.29 is 4.79 Å². The average Bonchev–Trinajstić information content (AvgIpc) is 3.14. The molecule has 3 rings (SSSR count). The van der Waals surface area contributed by atoms with Gasteiger partial charge in [-0.05, 0) is 25.0 Å². The van der Waals surface area contributed by atoms with Crippen LogP contribution in [0.5, 0.6) is 0 Å². The minimum Gasteiger partial charge on any atom is -0.296 e. The Labute approximate surface area is 158 Å². The number of carbonyl (C=O) groups is 1. The van der Waals surface area contributed by atoms with E-state index < -0.39 is 0 Å². The summed E-state index contributed by atoms with van der Waals surface area (Å²) in [6.45, 7) is 4.10. The molecule has 1 aromatic carbocycles. The van der Waals surface area contributed by atoms with E-state index in [1.165, 1.54) is 11.3 Å². The molecule has 0 spiro atoms. The molecule has 25 heavy (non-hydrogen) atoms. The number of anilines is 1. The molecular formula is C16H15Cl2N5OS. The lowest BCUT2D eigenvalue weighted by Gasteiger charge is -2.06. The summed E-state index contributed by atoms with van der Waals surface area (Å²) in [7, 11) is 0. The van der Waals surface area contributed by atoms with Crippen molar-refractivity contribution >= 4 is 45.6 Å². The Morgan fingerprint density at radius 1 is 1.28 bits per heavy atom. The standard InChI is InChI=1S/C16H15Cl2N5OS/c1-3-12-20-21-16(25-12)19-15(24)13-9(2)22-23(14(13)18)8-10-6-4-5-7-11(10)17/h4-7H,3,8H2,1-2H3,(H,19,21,24). The molecule has 1 N–H and O–H groups in total. The number of carbonyl (C=O) groups excluding carboxylic acids is 1. The summed E-state index contributed by atoms with van der Waals surface area (Å²) in [5.74, 6) is -0.355. The zero-order valence-electron chi connectivity index (χ0n) is 13.6. The maximum Gasteiger partial charge on any atom is 0.262 e. The zero-order chi connectivity index (χ0) is 18.0. The van der Waals surface area contributed by atoms with Gasteiger partial charge in [0.05, 0.1) is 17.8 Å². The summed E-state index contributed by atoms with van der Waals surface area (Å²) >= 11 is 13.9. The van der Waals surface area contributed by atoms with Gasteiger partial charge in [0.25, 0.3) is 5.91 Å². The molecule has 2 aromatic heterocycles. The van der Waals surface area contributed by atoms with Crippen molar-refractivity contribution in [3.05, 3.63) is 56.3 Å². The lowest BCUT2D eigenvalue weighted by atomic mass is 10.2. The molecule has 0 bridgehead atoms. The van der Waals surface area contributed by atoms with E-state index in [4.69, 9.17) is 23.2 Å². The van der Waals surface area contributed by atoms with E-state index in [2.05, 4.69) is 20.6 Å². The maximum absolute atomic E-state index is 12.5. The van der Waals surface area contributed by atoms with E-state index in [9.17, 15) is 4.79 Å². The number of nitrogens with one attached hydrogen (secondary N) is 1. The van der Waals surface area contributed by atoms with E-state index in [0.717, 1.165) is 17.0 Å². The third-order valence-electron chi connectivity index (χ3n) is 3.56. The van der Waals surface area contributed by atoms with Crippen LogP contribution in [0.1, 0.15) is 33.5 Å². The minimum absolute atomic E-state index is 0.259. The van der Waals surface area contributed by atoms with E-state index in [1.54, 1.807) is 17.7 Å². The molecule has 0 aliphatic rings. The molecule has 6 nitrogen and oxygen atoms in total. The summed E-state index contributed by atoms with van der Waals surface area (Å²) in [5.41, 5.74) is 1.73. The van der Waals surface area contributed by atoms with E-state index in [-0.39, 0.29) is 11.1 Å². The molecule has 0 aliphatic heterocycles. The molecule has 2 heterocycles. The number of halogens is 2. The Morgan fingerprint density at radius 3 is 2.72 bits per heavy atom. The van der Waals surface area contributed by atoms with Crippen LogP contribution < -0.4 is 5.32 Å². The SMILES string of the molecule is CCc1nnc(NC(=O)c2c(C)nn(Cc3ccccc3Cl)c2Cl)s1. The molecule has 0 fully saturated rings. The van der Waals surface area contributed by atoms with Gasteiger partial charge >= 0.3 is 0 Å². The Balaban J connectivity index is 1.83. The third-order valence-corrected chi connectivity index (χ3v) is 5.30. The Hall–Kier alpha value is -1.96. The quantitative estimate of drug-likeness (QED) is 0.701. The topological polar surface area (TPSA) is 72.7 Å². The molecule has 3 aromatic rings. The summed E-state index contributed by atoms with van der Waals surface area (Å²) in [6.07, 6.45) is 0.767. The van der Waals surface area contributed by atoms with Gasteiger partial charge in [-0.25, -0.2) is 4.68 Å². The van der Waals surface area contributed by atoms with Gasteiger partial charge in [0, 0.05) is 5.02 Å². The van der Waals surface area contributed by atoms with Gasteiger partial charge in [-0.2, -0.15) is 5.10 Å². The minimum atomic E-state index is -0.355. The van der Waals surface area contributed by atoms with Gasteiger partial charge in [-0.15, -0.1) is 10.2 Å². The van der Waals surface area contributed by atoms with Gasteiger partial charge in [0.1, 0.15) is 10.2 Å². The van der Waals surface area contributed by atoms with Gasteiger partial charge in [-0.1, -0.05) is 59.7 Å². The first-order valence-corrected chi connectivity index (χ1v) is 9.16. The number of benzene rings is 1. The first-order chi connectivity index (χ1) is 12.0. The second-order valence-corrected chi connectivity index (χ2v) is 7.14. The number of hydrogen-bond donors (Lipinski definition) is 1. The van der Waals surface area contributed by atoms with Gasteiger partial charge in [0.15, 0.2) is 0 Å². The molecule has 130 valence electrons. The average molecular weight is 396 g/mol. The van der Waals surface area contributed by atoms with Crippen molar-refractivity contribution in [3.63, 3.8) is 0 Å². The first-order valence-electron chi connectivity index (χ1n) is 7.59. The second kappa shape index (κ2) is 7.51. The Morgan fingerprint density at radius 2 is 2.04 bits per heavy atom. The third kappa shape index (κ3) is 3.84. The normalized spacial score (nSPS) is 10.9. The predicted molar refractivity (Wildman–Crippen MR) is 99.8 cm³/mol. The largest absolute Gasteiger partial charge is 0.296 e. The smallest absolute Gasteiger partial charge is 0.262 e. The van der Waals surface area contributed by atoms with E-state index in [0.29, 0.717) is 28.0 Å². The van der Waals surface area contributed by atoms with Crippen LogP contribution in [-0.4, -0.2) is 25.9 Å². The van der Waals surface area contributed by atoms with Crippen molar-refractivity contribution in [1.82, 2.24) is 20.0 Å². The number of aromatic nitrogens is 4. The first kappa shape index (κ1) is 17.8. The number of rotatable bonds is 5. The molecule has 0 unspecified atom stereocenters. The summed E-state index contributed by atoms with van der Waals surface area (Å²) in [6, 6.07) is 7.44. The Kier molecular flexibility index (Phi) is 5.36. The highest BCUT2D eigenvalue weighted by molar-refractivity contribution is 7.15. The van der Waals surface area contributed by atoms with Gasteiger partial charge in [0.2, 0.25) is 5.13 Å². The summed E-state index contributed by atoms with van der Waals surface area (Å²) in [4.78, 5) is 12.5. The molecule has 0 atom stereocenters. The molecule has 9 heteroatoms. The monoisotopic (exact) mass is 395 g/mol. The van der Waals surface area contributed by atoms with Crippen LogP contribution in [0.25, 0.3) is 0 Å². The van der Waals surface area contributed by atoms with Crippen LogP contribution in [0.4, 0.5) is 5.13 Å². The van der Waals surface area contributed by atoms with Crippen LogP contribution in [0.3, 0.4) is 0 Å².